The van der Waals surface area contributed by atoms with Crippen molar-refractivity contribution in [1.29, 1.82) is 5.26 Å². The molecule has 3 heterocycles. The van der Waals surface area contributed by atoms with Gasteiger partial charge >= 0.3 is 5.91 Å². The second-order valence-electron chi connectivity index (χ2n) is 10.7. The van der Waals surface area contributed by atoms with Gasteiger partial charge in [0.05, 0.1) is 36.1 Å². The Kier molecular flexibility index (Phi) is 10.5. The highest BCUT2D eigenvalue weighted by molar-refractivity contribution is 6.07. The zero-order valence-electron chi connectivity index (χ0n) is 25.7. The molecule has 1 atom stereocenters. The van der Waals surface area contributed by atoms with Gasteiger partial charge in [-0.25, -0.2) is 14.2 Å². The number of carbonyl (C=O) groups is 3. The first-order valence-electron chi connectivity index (χ1n) is 14.4. The number of aromatic nitrogens is 2. The molecule has 12 heteroatoms. The van der Waals surface area contributed by atoms with Gasteiger partial charge in [-0.3, -0.25) is 19.5 Å². The topological polar surface area (TPSA) is 140 Å². The van der Waals surface area contributed by atoms with Gasteiger partial charge in [0.15, 0.2) is 18.4 Å². The van der Waals surface area contributed by atoms with E-state index in [2.05, 4.69) is 32.1 Å². The minimum Gasteiger partial charge on any atom is -0.482 e. The molecule has 232 valence electrons. The molecule has 0 aliphatic carbocycles. The van der Waals surface area contributed by atoms with Crippen LogP contribution in [0.3, 0.4) is 0 Å². The Labute approximate surface area is 261 Å². The smallest absolute Gasteiger partial charge is 0.411 e. The van der Waals surface area contributed by atoms with Crippen molar-refractivity contribution in [2.24, 2.45) is 0 Å². The van der Waals surface area contributed by atoms with E-state index in [0.29, 0.717) is 60.9 Å². The third-order valence-corrected chi connectivity index (χ3v) is 7.36. The highest BCUT2D eigenvalue weighted by atomic mass is 19.1. The maximum absolute atomic E-state index is 13.8. The minimum atomic E-state index is -0.724. The average Bonchev–Trinajstić information content (AvgIpc) is 3.02. The van der Waals surface area contributed by atoms with Gasteiger partial charge in [-0.1, -0.05) is 6.58 Å². The molecular weight excluding hydrogens is 577 g/mol. The fourth-order valence-corrected chi connectivity index (χ4v) is 5.04. The number of aryl methyl sites for hydroxylation is 2. The zero-order chi connectivity index (χ0) is 32.7. The standard InChI is InChI=1S/C33H34FN7O4/c1-6-30(42)41-11-10-40(18-22(41)5)19-29(27-9-8-24(34)17-37-27)45-28-13-20(3)25(14-26(28)32(43)36-7-2)33(44)39-31-21(4)12-23(15-35)16-38-31/h6,8-9,12-14,16-17,29H,1,7,10-11,18-19H2,2-5H3,(H-,36,38,39,43,44)/p+1/t29-/m1/s1. The Hall–Kier alpha value is -5.28. The largest absolute Gasteiger partial charge is 0.482 e. The predicted octanol–water partition coefficient (Wildman–Crippen LogP) is 3.73. The Morgan fingerprint density at radius 2 is 1.91 bits per heavy atom. The van der Waals surface area contributed by atoms with E-state index in [1.54, 1.807) is 37.5 Å². The van der Waals surface area contributed by atoms with E-state index in [-0.39, 0.29) is 22.8 Å². The first-order chi connectivity index (χ1) is 21.5. The van der Waals surface area contributed by atoms with Crippen molar-refractivity contribution in [2.45, 2.75) is 33.8 Å². The molecule has 0 unspecified atom stereocenters. The minimum absolute atomic E-state index is 0.133. The van der Waals surface area contributed by atoms with Crippen molar-refractivity contribution in [3.63, 3.8) is 0 Å². The number of ether oxygens (including phenoxy) is 1. The van der Waals surface area contributed by atoms with E-state index in [1.807, 2.05) is 13.0 Å². The van der Waals surface area contributed by atoms with Crippen LogP contribution in [0.25, 0.3) is 0 Å². The Bertz CT molecular complexity index is 1710. The molecule has 3 aromatic rings. The van der Waals surface area contributed by atoms with Crippen molar-refractivity contribution in [2.75, 3.05) is 38.0 Å². The molecule has 1 aliphatic rings. The fourth-order valence-electron chi connectivity index (χ4n) is 5.04. The molecule has 45 heavy (non-hydrogen) atoms. The van der Waals surface area contributed by atoms with Gasteiger partial charge in [-0.15, -0.1) is 0 Å². The Balaban J connectivity index is 1.68. The van der Waals surface area contributed by atoms with E-state index in [0.717, 1.165) is 11.9 Å². The maximum Gasteiger partial charge on any atom is 0.411 e. The summed E-state index contributed by atoms with van der Waals surface area (Å²) in [5.41, 5.74) is 3.17. The van der Waals surface area contributed by atoms with Gasteiger partial charge in [-0.05, 0) is 62.2 Å². The quantitative estimate of drug-likeness (QED) is 0.261. The second kappa shape index (κ2) is 14.5. The van der Waals surface area contributed by atoms with Crippen LogP contribution in [0.4, 0.5) is 10.2 Å². The average molecular weight is 613 g/mol. The lowest BCUT2D eigenvalue weighted by molar-refractivity contribution is -0.451. The third kappa shape index (κ3) is 7.82. The molecule has 1 aliphatic heterocycles. The number of anilines is 1. The van der Waals surface area contributed by atoms with Gasteiger partial charge < -0.3 is 15.4 Å². The molecule has 4 rings (SSSR count). The van der Waals surface area contributed by atoms with Gasteiger partial charge in [-0.2, -0.15) is 9.84 Å². The first kappa shape index (κ1) is 32.6. The monoisotopic (exact) mass is 612 g/mol. The highest BCUT2D eigenvalue weighted by Crippen LogP contribution is 2.30. The van der Waals surface area contributed by atoms with Crippen LogP contribution in [-0.2, 0) is 4.79 Å². The van der Waals surface area contributed by atoms with E-state index >= 15 is 0 Å². The van der Waals surface area contributed by atoms with Gasteiger partial charge in [0.2, 0.25) is 0 Å². The van der Waals surface area contributed by atoms with Crippen LogP contribution in [0.2, 0.25) is 0 Å². The second-order valence-corrected chi connectivity index (χ2v) is 10.7. The number of nitriles is 1. The summed E-state index contributed by atoms with van der Waals surface area (Å²) >= 11 is 0. The molecule has 0 radical (unpaired) electrons. The number of halogens is 1. The Morgan fingerprint density at radius 3 is 2.53 bits per heavy atom. The third-order valence-electron chi connectivity index (χ3n) is 7.36. The number of nitrogens with one attached hydrogen (secondary N) is 2. The van der Waals surface area contributed by atoms with Crippen LogP contribution in [0.5, 0.6) is 5.75 Å². The normalized spacial score (nSPS) is 13.9. The lowest BCUT2D eigenvalue weighted by atomic mass is 10.0. The van der Waals surface area contributed by atoms with Crippen molar-refractivity contribution < 1.29 is 28.1 Å². The zero-order valence-corrected chi connectivity index (χ0v) is 25.7. The molecule has 0 saturated carbocycles. The summed E-state index contributed by atoms with van der Waals surface area (Å²) in [7, 11) is 0. The molecule has 3 amide bonds. The van der Waals surface area contributed by atoms with Crippen LogP contribution in [0.1, 0.15) is 63.1 Å². The number of hydrogen-bond acceptors (Lipinski definition) is 8. The van der Waals surface area contributed by atoms with Crippen LogP contribution < -0.4 is 15.4 Å². The number of pyridine rings is 2. The van der Waals surface area contributed by atoms with E-state index in [1.165, 1.54) is 30.5 Å². The molecule has 11 nitrogen and oxygen atoms in total. The first-order valence-corrected chi connectivity index (χ1v) is 14.4. The summed E-state index contributed by atoms with van der Waals surface area (Å²) in [6.07, 6.45) is 3.03. The Morgan fingerprint density at radius 1 is 1.13 bits per heavy atom. The van der Waals surface area contributed by atoms with E-state index in [9.17, 15) is 18.8 Å². The van der Waals surface area contributed by atoms with Crippen molar-refractivity contribution in [3.8, 4) is 11.8 Å². The maximum atomic E-state index is 13.8. The van der Waals surface area contributed by atoms with Crippen molar-refractivity contribution >= 4 is 29.3 Å². The summed E-state index contributed by atoms with van der Waals surface area (Å²) in [4.78, 5) is 49.4. The van der Waals surface area contributed by atoms with Crippen LogP contribution in [0.15, 0.2) is 55.4 Å². The SMILES string of the molecule is C=CC(=O)[N+]1=C(C)CN(C[C@@H](Oc2cc(C)c(C(=O)Nc3ncc(C#N)cc3C)cc2C(=O)NCC)c2ccc(F)cn2)CC1. The number of nitrogens with zero attached hydrogens (tertiary/aromatic N) is 5. The van der Waals surface area contributed by atoms with Gasteiger partial charge in [0, 0.05) is 37.8 Å². The van der Waals surface area contributed by atoms with E-state index in [4.69, 9.17) is 10.00 Å². The summed E-state index contributed by atoms with van der Waals surface area (Å²) in [6, 6.07) is 9.54. The number of rotatable bonds is 10. The number of carbonyl (C=O) groups excluding carboxylic acids is 3. The predicted molar refractivity (Wildman–Crippen MR) is 166 cm³/mol. The lowest BCUT2D eigenvalue weighted by Crippen LogP contribution is -2.47. The molecule has 0 spiro atoms. The molecular formula is C33H35FN7O4+. The summed E-state index contributed by atoms with van der Waals surface area (Å²) in [6.45, 7) is 12.8. The summed E-state index contributed by atoms with van der Waals surface area (Å²) < 4.78 is 22.0. The number of benzene rings is 1. The number of amides is 3. The van der Waals surface area contributed by atoms with Crippen molar-refractivity contribution in [1.82, 2.24) is 20.2 Å². The van der Waals surface area contributed by atoms with E-state index < -0.39 is 23.7 Å². The van der Waals surface area contributed by atoms with Crippen LogP contribution in [0, 0.1) is 31.0 Å². The molecule has 1 aromatic carbocycles. The molecule has 0 fully saturated rings. The fraction of sp³-hybridized carbons (Fsp3) is 0.303. The van der Waals surface area contributed by atoms with Gasteiger partial charge in [0.1, 0.15) is 23.5 Å². The molecule has 2 N–H and O–H groups in total. The molecule has 2 aromatic heterocycles. The van der Waals surface area contributed by atoms with Crippen LogP contribution in [-0.4, -0.2) is 75.6 Å². The lowest BCUT2D eigenvalue weighted by Gasteiger charge is -2.29. The summed E-state index contributed by atoms with van der Waals surface area (Å²) in [5, 5.41) is 14.7. The molecule has 0 bridgehead atoms. The molecule has 0 saturated heterocycles. The summed E-state index contributed by atoms with van der Waals surface area (Å²) in [5.74, 6) is -1.08. The van der Waals surface area contributed by atoms with Gasteiger partial charge in [0.25, 0.3) is 11.8 Å². The highest BCUT2D eigenvalue weighted by Gasteiger charge is 2.30. The number of hydrogen-bond donors (Lipinski definition) is 2. The van der Waals surface area contributed by atoms with Crippen molar-refractivity contribution in [3.05, 3.63) is 94.7 Å². The van der Waals surface area contributed by atoms with Crippen LogP contribution >= 0.6 is 0 Å².